The van der Waals surface area contributed by atoms with Gasteiger partial charge in [0.05, 0.1) is 28.7 Å². The molecule has 2 amide bonds. The predicted octanol–water partition coefficient (Wildman–Crippen LogP) is 4.17. The molecule has 0 saturated carbocycles. The van der Waals surface area contributed by atoms with E-state index < -0.39 is 17.8 Å². The van der Waals surface area contributed by atoms with Gasteiger partial charge in [0.15, 0.2) is 0 Å². The van der Waals surface area contributed by atoms with Gasteiger partial charge < -0.3 is 4.90 Å². The second-order valence-corrected chi connectivity index (χ2v) is 8.59. The number of aromatic nitrogens is 1. The number of halogens is 5. The molecule has 11 heteroatoms. The van der Waals surface area contributed by atoms with Gasteiger partial charge in [-0.3, -0.25) is 14.5 Å². The zero-order valence-corrected chi connectivity index (χ0v) is 18.5. The number of nitrogens with zero attached hydrogens (tertiary/aromatic N) is 4. The minimum absolute atomic E-state index is 0.0591. The third-order valence-electron chi connectivity index (χ3n) is 5.74. The molecule has 1 aromatic heterocycles. The van der Waals surface area contributed by atoms with Gasteiger partial charge in [0.25, 0.3) is 5.91 Å². The van der Waals surface area contributed by atoms with Gasteiger partial charge in [0, 0.05) is 37.4 Å². The highest BCUT2D eigenvalue weighted by atomic mass is 35.5. The molecule has 0 radical (unpaired) electrons. The van der Waals surface area contributed by atoms with Crippen molar-refractivity contribution in [3.05, 3.63) is 51.6 Å². The van der Waals surface area contributed by atoms with Crippen LogP contribution >= 0.6 is 23.2 Å². The summed E-state index contributed by atoms with van der Waals surface area (Å²) in [7, 11) is 0. The Kier molecular flexibility index (Phi) is 6.08. The van der Waals surface area contributed by atoms with E-state index in [-0.39, 0.29) is 29.1 Å². The van der Waals surface area contributed by atoms with E-state index in [1.807, 2.05) is 11.8 Å². The fourth-order valence-electron chi connectivity index (χ4n) is 3.96. The number of rotatable bonds is 3. The molecule has 0 aliphatic carbocycles. The van der Waals surface area contributed by atoms with E-state index in [4.69, 9.17) is 23.2 Å². The van der Waals surface area contributed by atoms with Crippen LogP contribution in [0.4, 0.5) is 24.7 Å². The van der Waals surface area contributed by atoms with Crippen LogP contribution in [-0.2, 0) is 15.8 Å². The first-order valence-electron chi connectivity index (χ1n) is 9.91. The van der Waals surface area contributed by atoms with Crippen molar-refractivity contribution in [3.8, 4) is 0 Å². The predicted molar refractivity (Wildman–Crippen MR) is 115 cm³/mol. The maximum atomic E-state index is 13.0. The molecule has 0 N–H and O–H groups in total. The van der Waals surface area contributed by atoms with E-state index in [9.17, 15) is 22.8 Å². The summed E-state index contributed by atoms with van der Waals surface area (Å²) < 4.78 is 38.5. The summed E-state index contributed by atoms with van der Waals surface area (Å²) >= 11 is 12.2. The van der Waals surface area contributed by atoms with Crippen LogP contribution in [0.2, 0.25) is 10.0 Å². The van der Waals surface area contributed by atoms with Gasteiger partial charge in [-0.2, -0.15) is 13.2 Å². The molecule has 0 spiro atoms. The Morgan fingerprint density at radius 2 is 1.72 bits per heavy atom. The highest BCUT2D eigenvalue weighted by molar-refractivity contribution is 6.33. The Bertz CT molecular complexity index is 1070. The molecule has 2 aliphatic heterocycles. The summed E-state index contributed by atoms with van der Waals surface area (Å²) in [6, 6.07) is 5.31. The lowest BCUT2D eigenvalue weighted by molar-refractivity contribution is -0.137. The number of hydrogen-bond acceptors (Lipinski definition) is 5. The Morgan fingerprint density at radius 1 is 1.03 bits per heavy atom. The summed E-state index contributed by atoms with van der Waals surface area (Å²) in [5.74, 6) is -0.340. The van der Waals surface area contributed by atoms with Crippen LogP contribution in [0, 0.1) is 6.92 Å². The first-order valence-corrected chi connectivity index (χ1v) is 10.7. The van der Waals surface area contributed by atoms with Crippen LogP contribution in [0.15, 0.2) is 30.5 Å². The smallest absolute Gasteiger partial charge is 0.353 e. The number of benzene rings is 1. The molecule has 2 saturated heterocycles. The van der Waals surface area contributed by atoms with Crippen molar-refractivity contribution in [3.63, 3.8) is 0 Å². The zero-order chi connectivity index (χ0) is 23.2. The number of carbonyl (C=O) groups is 2. The summed E-state index contributed by atoms with van der Waals surface area (Å²) in [5.41, 5.74) is 0.381. The quantitative estimate of drug-likeness (QED) is 0.609. The van der Waals surface area contributed by atoms with E-state index in [1.165, 1.54) is 0 Å². The second kappa shape index (κ2) is 8.53. The lowest BCUT2D eigenvalue weighted by Crippen LogP contribution is -2.52. The molecular formula is C21H19Cl2F3N4O2. The SMILES string of the molecule is Cc1ccc(N2C(=O)CC(N3CCN(c4ncc(C(F)(F)F)cc4Cl)CC3)C2=O)cc1Cl. The monoisotopic (exact) mass is 486 g/mol. The number of pyridine rings is 1. The number of amides is 2. The highest BCUT2D eigenvalue weighted by Crippen LogP contribution is 2.34. The van der Waals surface area contributed by atoms with Crippen LogP contribution in [0.3, 0.4) is 0 Å². The standard InChI is InChI=1S/C21H19Cl2F3N4O2/c1-12-2-3-14(9-15(12)22)30-18(31)10-17(20(30)32)28-4-6-29(7-5-28)19-16(23)8-13(11-27-19)21(24,25)26/h2-3,8-9,11,17H,4-7,10H2,1H3. The maximum Gasteiger partial charge on any atom is 0.417 e. The number of anilines is 2. The number of piperazine rings is 1. The molecule has 2 aliphatic rings. The van der Waals surface area contributed by atoms with E-state index in [2.05, 4.69) is 4.98 Å². The van der Waals surface area contributed by atoms with E-state index in [0.717, 1.165) is 22.7 Å². The number of carbonyl (C=O) groups excluding carboxylic acids is 2. The number of alkyl halides is 3. The van der Waals surface area contributed by atoms with Crippen molar-refractivity contribution in [2.75, 3.05) is 36.0 Å². The van der Waals surface area contributed by atoms with Crippen molar-refractivity contribution in [2.24, 2.45) is 0 Å². The molecule has 2 aromatic rings. The highest BCUT2D eigenvalue weighted by Gasteiger charge is 2.43. The molecule has 6 nitrogen and oxygen atoms in total. The fourth-order valence-corrected chi connectivity index (χ4v) is 4.42. The molecule has 0 bridgehead atoms. The molecule has 170 valence electrons. The van der Waals surface area contributed by atoms with Crippen LogP contribution in [-0.4, -0.2) is 53.9 Å². The van der Waals surface area contributed by atoms with E-state index >= 15 is 0 Å². The van der Waals surface area contributed by atoms with Gasteiger partial charge in [0.1, 0.15) is 5.82 Å². The van der Waals surface area contributed by atoms with Crippen molar-refractivity contribution in [2.45, 2.75) is 25.6 Å². The molecule has 32 heavy (non-hydrogen) atoms. The minimum atomic E-state index is -4.52. The first-order chi connectivity index (χ1) is 15.1. The zero-order valence-electron chi connectivity index (χ0n) is 17.0. The molecule has 1 aromatic carbocycles. The van der Waals surface area contributed by atoms with Crippen LogP contribution in [0.1, 0.15) is 17.5 Å². The van der Waals surface area contributed by atoms with E-state index in [1.54, 1.807) is 23.1 Å². The summed E-state index contributed by atoms with van der Waals surface area (Å²) in [6.45, 7) is 3.52. The van der Waals surface area contributed by atoms with Gasteiger partial charge in [-0.05, 0) is 30.7 Å². The summed E-state index contributed by atoms with van der Waals surface area (Å²) in [5, 5.41) is 0.393. The van der Waals surface area contributed by atoms with Crippen LogP contribution in [0.25, 0.3) is 0 Å². The van der Waals surface area contributed by atoms with Gasteiger partial charge in [-0.25, -0.2) is 9.88 Å². The molecule has 1 unspecified atom stereocenters. The lowest BCUT2D eigenvalue weighted by atomic mass is 10.1. The molecular weight excluding hydrogens is 468 g/mol. The Labute approximate surface area is 192 Å². The molecule has 2 fully saturated rings. The third kappa shape index (κ3) is 4.29. The third-order valence-corrected chi connectivity index (χ3v) is 6.43. The summed E-state index contributed by atoms with van der Waals surface area (Å²) in [4.78, 5) is 34.3. The average Bonchev–Trinajstić information content (AvgIpc) is 3.03. The van der Waals surface area contributed by atoms with Gasteiger partial charge in [0.2, 0.25) is 5.91 Å². The van der Waals surface area contributed by atoms with Crippen LogP contribution < -0.4 is 9.80 Å². The Hall–Kier alpha value is -2.36. The number of aryl methyl sites for hydroxylation is 1. The first kappa shape index (κ1) is 22.8. The molecule has 1 atom stereocenters. The van der Waals surface area contributed by atoms with Gasteiger partial charge in [-0.1, -0.05) is 29.3 Å². The van der Waals surface area contributed by atoms with Crippen molar-refractivity contribution in [1.82, 2.24) is 9.88 Å². The largest absolute Gasteiger partial charge is 0.417 e. The van der Waals surface area contributed by atoms with Gasteiger partial charge >= 0.3 is 6.18 Å². The Balaban J connectivity index is 1.44. The van der Waals surface area contributed by atoms with Gasteiger partial charge in [-0.15, -0.1) is 0 Å². The topological polar surface area (TPSA) is 56.8 Å². The van der Waals surface area contributed by atoms with Crippen LogP contribution in [0.5, 0.6) is 0 Å². The fraction of sp³-hybridized carbons (Fsp3) is 0.381. The van der Waals surface area contributed by atoms with Crippen molar-refractivity contribution < 1.29 is 22.8 Å². The molecule has 3 heterocycles. The minimum Gasteiger partial charge on any atom is -0.353 e. The maximum absolute atomic E-state index is 13.0. The Morgan fingerprint density at radius 3 is 2.31 bits per heavy atom. The second-order valence-electron chi connectivity index (χ2n) is 7.77. The van der Waals surface area contributed by atoms with Crippen molar-refractivity contribution in [1.29, 1.82) is 0 Å². The number of hydrogen-bond donors (Lipinski definition) is 0. The molecule has 4 rings (SSSR count). The van der Waals surface area contributed by atoms with Crippen molar-refractivity contribution >= 4 is 46.5 Å². The van der Waals surface area contributed by atoms with E-state index in [0.29, 0.717) is 36.9 Å². The average molecular weight is 487 g/mol. The number of imide groups is 1. The lowest BCUT2D eigenvalue weighted by Gasteiger charge is -2.37. The summed E-state index contributed by atoms with van der Waals surface area (Å²) in [6.07, 6.45) is -3.70. The normalized spacial score (nSPS) is 20.4.